The van der Waals surface area contributed by atoms with E-state index >= 15 is 0 Å². The summed E-state index contributed by atoms with van der Waals surface area (Å²) in [5.41, 5.74) is 4.38. The zero-order chi connectivity index (χ0) is 24.0. The largest absolute Gasteiger partial charge is 0.493 e. The topological polar surface area (TPSA) is 157 Å². The van der Waals surface area contributed by atoms with Crippen LogP contribution in [0.15, 0.2) is 18.2 Å². The summed E-state index contributed by atoms with van der Waals surface area (Å²) < 4.78 is 14.3. The predicted molar refractivity (Wildman–Crippen MR) is 113 cm³/mol. The number of rotatable bonds is 7. The van der Waals surface area contributed by atoms with Crippen LogP contribution in [0.1, 0.15) is 25.5 Å². The second-order valence-corrected chi connectivity index (χ2v) is 9.64. The smallest absolute Gasteiger partial charge is 0.344 e. The Hall–Kier alpha value is -2.99. The highest BCUT2D eigenvalue weighted by molar-refractivity contribution is 8.01. The number of esters is 1. The quantitative estimate of drug-likeness (QED) is 0.280. The maximum atomic E-state index is 13.1. The van der Waals surface area contributed by atoms with Crippen molar-refractivity contribution < 1.29 is 38.5 Å². The number of amides is 2. The van der Waals surface area contributed by atoms with Crippen molar-refractivity contribution in [1.29, 1.82) is 0 Å². The van der Waals surface area contributed by atoms with Crippen LogP contribution in [0.4, 0.5) is 0 Å². The number of benzene rings is 1. The summed E-state index contributed by atoms with van der Waals surface area (Å²) in [4.78, 5) is 51.7. The summed E-state index contributed by atoms with van der Waals surface area (Å²) in [7, 11) is 3.97. The molecule has 2 fully saturated rings. The van der Waals surface area contributed by atoms with E-state index in [9.17, 15) is 24.3 Å². The van der Waals surface area contributed by atoms with E-state index in [0.29, 0.717) is 17.1 Å². The summed E-state index contributed by atoms with van der Waals surface area (Å²) >= 11 is 1.10. The number of aliphatic carboxylic acids is 1. The first-order chi connectivity index (χ1) is 15.0. The van der Waals surface area contributed by atoms with E-state index in [2.05, 4.69) is 5.32 Å². The molecule has 11 nitrogen and oxygen atoms in total. The number of fused-ring (bicyclic) bond motifs is 1. The zero-order valence-electron chi connectivity index (χ0n) is 18.2. The molecular weight excluding hydrogens is 442 g/mol. The highest BCUT2D eigenvalue weighted by Gasteiger charge is 2.76. The van der Waals surface area contributed by atoms with Gasteiger partial charge in [-0.3, -0.25) is 9.59 Å². The van der Waals surface area contributed by atoms with Crippen LogP contribution >= 0.6 is 11.8 Å². The highest BCUT2D eigenvalue weighted by atomic mass is 32.2. The molecular formula is C20H25N3O8S. The maximum Gasteiger partial charge on any atom is 0.344 e. The molecule has 2 saturated heterocycles. The first-order valence-corrected chi connectivity index (χ1v) is 10.5. The third kappa shape index (κ3) is 3.34. The fourth-order valence-corrected chi connectivity index (χ4v) is 5.73. The number of carboxylic acid groups (broad SMARTS) is 1. The van der Waals surface area contributed by atoms with Crippen molar-refractivity contribution in [3.8, 4) is 11.5 Å². The number of nitrogens with one attached hydrogen (secondary N) is 1. The molecule has 2 heterocycles. The van der Waals surface area contributed by atoms with Crippen molar-refractivity contribution in [1.82, 2.24) is 10.2 Å². The van der Waals surface area contributed by atoms with Crippen molar-refractivity contribution >= 4 is 35.5 Å². The summed E-state index contributed by atoms with van der Waals surface area (Å²) in [6, 6.07) is 2.21. The predicted octanol–water partition coefficient (Wildman–Crippen LogP) is -0.121. The van der Waals surface area contributed by atoms with Crippen molar-refractivity contribution in [3.05, 3.63) is 23.8 Å². The number of hydrogen-bond acceptors (Lipinski definition) is 9. The first kappa shape index (κ1) is 23.7. The third-order valence-corrected chi connectivity index (χ3v) is 7.29. The van der Waals surface area contributed by atoms with Gasteiger partial charge in [0.2, 0.25) is 11.4 Å². The molecule has 2 aliphatic rings. The minimum Gasteiger partial charge on any atom is -0.493 e. The van der Waals surface area contributed by atoms with Gasteiger partial charge in [-0.2, -0.15) is 0 Å². The van der Waals surface area contributed by atoms with Crippen LogP contribution in [0.3, 0.4) is 0 Å². The van der Waals surface area contributed by atoms with Crippen LogP contribution in [0.2, 0.25) is 0 Å². The fraction of sp³-hybridized carbons (Fsp3) is 0.500. The fourth-order valence-electron chi connectivity index (χ4n) is 4.04. The molecule has 174 valence electrons. The molecule has 0 radical (unpaired) electrons. The lowest BCUT2D eigenvalue weighted by Gasteiger charge is -2.50. The second kappa shape index (κ2) is 8.17. The summed E-state index contributed by atoms with van der Waals surface area (Å²) in [5.74, 6) is -3.08. The van der Waals surface area contributed by atoms with Crippen LogP contribution in [0, 0.1) is 0 Å². The number of nitrogens with zero attached hydrogens (tertiary/aromatic N) is 1. The van der Waals surface area contributed by atoms with E-state index < -0.39 is 51.5 Å². The Morgan fingerprint density at radius 3 is 2.34 bits per heavy atom. The molecule has 0 saturated carbocycles. The third-order valence-electron chi connectivity index (χ3n) is 5.66. The van der Waals surface area contributed by atoms with Gasteiger partial charge in [-0.1, -0.05) is 6.07 Å². The lowest BCUT2D eigenvalue weighted by molar-refractivity contribution is -0.180. The number of methoxy groups -OCH3 is 3. The Labute approximate surface area is 188 Å². The van der Waals surface area contributed by atoms with Gasteiger partial charge in [-0.15, -0.1) is 11.8 Å². The molecule has 2 unspecified atom stereocenters. The minimum atomic E-state index is -2.08. The van der Waals surface area contributed by atoms with Crippen LogP contribution in [0.25, 0.3) is 0 Å². The molecule has 1 aromatic carbocycles. The Morgan fingerprint density at radius 1 is 1.19 bits per heavy atom. The Bertz CT molecular complexity index is 984. The van der Waals surface area contributed by atoms with Crippen LogP contribution in [0.5, 0.6) is 11.5 Å². The SMILES string of the molecule is COC(=O)C1(NC(=O)C(N)c2ccc(OC)c(OC)c2)C(=O)N2[C@@H](C(=O)O)C(C)(C)S[C@@H]21. The normalized spacial score (nSPS) is 26.4. The molecule has 32 heavy (non-hydrogen) atoms. The van der Waals surface area contributed by atoms with E-state index in [-0.39, 0.29) is 0 Å². The first-order valence-electron chi connectivity index (χ1n) is 9.57. The molecule has 0 spiro atoms. The molecule has 4 N–H and O–H groups in total. The monoisotopic (exact) mass is 467 g/mol. The molecule has 0 aliphatic carbocycles. The van der Waals surface area contributed by atoms with E-state index in [0.717, 1.165) is 23.8 Å². The Kier molecular flexibility index (Phi) is 6.04. The van der Waals surface area contributed by atoms with E-state index in [1.807, 2.05) is 0 Å². The van der Waals surface area contributed by atoms with Crippen LogP contribution in [-0.4, -0.2) is 76.8 Å². The molecule has 12 heteroatoms. The molecule has 4 atom stereocenters. The summed E-state index contributed by atoms with van der Waals surface area (Å²) in [6.45, 7) is 3.31. The van der Waals surface area contributed by atoms with Gasteiger partial charge >= 0.3 is 11.9 Å². The molecule has 2 amide bonds. The van der Waals surface area contributed by atoms with Crippen molar-refractivity contribution in [3.63, 3.8) is 0 Å². The maximum absolute atomic E-state index is 13.1. The number of hydrogen-bond donors (Lipinski definition) is 3. The van der Waals surface area contributed by atoms with Crippen LogP contribution in [-0.2, 0) is 23.9 Å². The van der Waals surface area contributed by atoms with Crippen molar-refractivity contribution in [2.75, 3.05) is 21.3 Å². The van der Waals surface area contributed by atoms with Crippen molar-refractivity contribution in [2.45, 2.75) is 41.6 Å². The van der Waals surface area contributed by atoms with Crippen molar-refractivity contribution in [2.24, 2.45) is 5.73 Å². The lowest BCUT2D eigenvalue weighted by Crippen LogP contribution is -2.83. The number of thioether (sulfide) groups is 1. The minimum absolute atomic E-state index is 0.347. The highest BCUT2D eigenvalue weighted by Crippen LogP contribution is 2.55. The number of ether oxygens (including phenoxy) is 3. The average Bonchev–Trinajstić information content (AvgIpc) is 3.04. The Balaban J connectivity index is 1.92. The number of nitrogens with two attached hydrogens (primary N) is 1. The van der Waals surface area contributed by atoms with Gasteiger partial charge in [0, 0.05) is 4.75 Å². The number of carboxylic acids is 1. The summed E-state index contributed by atoms with van der Waals surface area (Å²) in [5, 5.41) is 11.1. The van der Waals surface area contributed by atoms with Gasteiger partial charge in [0.25, 0.3) is 5.91 Å². The van der Waals surface area contributed by atoms with Gasteiger partial charge in [0.15, 0.2) is 11.5 Å². The molecule has 3 rings (SSSR count). The number of β-lactam (4-membered cyclic amide) rings is 1. The molecule has 0 aromatic heterocycles. The van der Waals surface area contributed by atoms with Gasteiger partial charge in [0.1, 0.15) is 17.5 Å². The molecule has 1 aromatic rings. The van der Waals surface area contributed by atoms with E-state index in [4.69, 9.17) is 19.9 Å². The van der Waals surface area contributed by atoms with Gasteiger partial charge in [-0.05, 0) is 31.5 Å². The number of carbonyl (C=O) groups is 4. The Morgan fingerprint density at radius 2 is 1.81 bits per heavy atom. The average molecular weight is 468 g/mol. The van der Waals surface area contributed by atoms with Gasteiger partial charge < -0.3 is 35.3 Å². The second-order valence-electron chi connectivity index (χ2n) is 7.91. The standard InChI is InChI=1S/C20H25N3O8S/c1-19(2)13(15(25)26)23-16(27)20(17(23)32-19,18(28)31-5)22-14(24)12(21)9-6-7-10(29-3)11(8-9)30-4/h6-8,12-13,17H,21H2,1-5H3,(H,22,24)(H,25,26)/t12?,13-,17+,20?/m0/s1. The number of carbonyl (C=O) groups excluding carboxylic acids is 3. The molecule has 2 aliphatic heterocycles. The summed E-state index contributed by atoms with van der Waals surface area (Å²) in [6.07, 6.45) is 0. The molecule has 0 bridgehead atoms. The van der Waals surface area contributed by atoms with Crippen LogP contribution < -0.4 is 20.5 Å². The van der Waals surface area contributed by atoms with E-state index in [1.54, 1.807) is 26.0 Å². The van der Waals surface area contributed by atoms with Gasteiger partial charge in [0.05, 0.1) is 21.3 Å². The van der Waals surface area contributed by atoms with E-state index in [1.165, 1.54) is 20.3 Å². The lowest BCUT2D eigenvalue weighted by atomic mass is 9.84. The van der Waals surface area contributed by atoms with Gasteiger partial charge in [-0.25, -0.2) is 9.59 Å². The zero-order valence-corrected chi connectivity index (χ0v) is 19.0.